The Kier molecular flexibility index (Phi) is 9.73. The van der Waals surface area contributed by atoms with Crippen LogP contribution in [-0.4, -0.2) is 43.0 Å². The van der Waals surface area contributed by atoms with Gasteiger partial charge < -0.3 is 19.5 Å². The minimum Gasteiger partial charge on any atom is -0.461 e. The maximum atomic E-state index is 13.0. The summed E-state index contributed by atoms with van der Waals surface area (Å²) in [6.07, 6.45) is 2.67. The van der Waals surface area contributed by atoms with E-state index in [1.54, 1.807) is 20.8 Å². The van der Waals surface area contributed by atoms with Crippen molar-refractivity contribution in [3.63, 3.8) is 0 Å². The van der Waals surface area contributed by atoms with E-state index in [1.807, 2.05) is 31.2 Å². The average Bonchev–Trinajstić information content (AvgIpc) is 2.85. The smallest absolute Gasteiger partial charge is 0.408 e. The van der Waals surface area contributed by atoms with Crippen LogP contribution >= 0.6 is 0 Å². The van der Waals surface area contributed by atoms with E-state index in [2.05, 4.69) is 41.7 Å². The molecular weight excluding hydrogens is 442 g/mol. The Labute approximate surface area is 209 Å². The van der Waals surface area contributed by atoms with Crippen LogP contribution in [0.3, 0.4) is 0 Å². The molecule has 190 valence electrons. The number of carbonyl (C=O) groups is 2. The van der Waals surface area contributed by atoms with E-state index in [4.69, 9.17) is 14.2 Å². The van der Waals surface area contributed by atoms with Crippen LogP contribution in [0.25, 0.3) is 0 Å². The molecule has 35 heavy (non-hydrogen) atoms. The van der Waals surface area contributed by atoms with Crippen molar-refractivity contribution in [2.24, 2.45) is 11.8 Å². The van der Waals surface area contributed by atoms with Gasteiger partial charge in [-0.1, -0.05) is 60.7 Å². The molecule has 6 nitrogen and oxygen atoms in total. The van der Waals surface area contributed by atoms with E-state index in [-0.39, 0.29) is 24.5 Å². The number of aryl methyl sites for hydroxylation is 2. The quantitative estimate of drug-likeness (QED) is 0.541. The van der Waals surface area contributed by atoms with Crippen molar-refractivity contribution in [3.8, 4) is 0 Å². The predicted octanol–water partition coefficient (Wildman–Crippen LogP) is 5.34. The van der Waals surface area contributed by atoms with Crippen LogP contribution in [-0.2, 0) is 31.8 Å². The standard InChI is InChI=1S/C29H39NO5/c1-21-25(18-16-23-13-9-6-10-14-23)24(17-15-22-11-7-5-8-12-22)19-33-20-26(27(31)34-21)30-28(32)35-29(2,3)4/h5-14,21,24-26H,15-20H2,1-4H3,(H,30,32)/t21-,24-,25-,26-/m0/s1. The molecule has 0 unspecified atom stereocenters. The van der Waals surface area contributed by atoms with E-state index in [1.165, 1.54) is 11.1 Å². The van der Waals surface area contributed by atoms with Crippen molar-refractivity contribution >= 4 is 12.1 Å². The second-order valence-corrected chi connectivity index (χ2v) is 10.4. The van der Waals surface area contributed by atoms with Gasteiger partial charge in [0, 0.05) is 12.5 Å². The lowest BCUT2D eigenvalue weighted by Crippen LogP contribution is -2.47. The van der Waals surface area contributed by atoms with Crippen LogP contribution in [0.15, 0.2) is 60.7 Å². The Morgan fingerprint density at radius 3 is 2.09 bits per heavy atom. The summed E-state index contributed by atoms with van der Waals surface area (Å²) in [4.78, 5) is 25.3. The summed E-state index contributed by atoms with van der Waals surface area (Å²) in [5.41, 5.74) is 1.88. The fourth-order valence-electron chi connectivity index (χ4n) is 4.56. The lowest BCUT2D eigenvalue weighted by Gasteiger charge is -2.31. The largest absolute Gasteiger partial charge is 0.461 e. The molecule has 1 saturated heterocycles. The van der Waals surface area contributed by atoms with Crippen LogP contribution < -0.4 is 5.32 Å². The van der Waals surface area contributed by atoms with Gasteiger partial charge in [-0.3, -0.25) is 0 Å². The second kappa shape index (κ2) is 12.7. The number of esters is 1. The van der Waals surface area contributed by atoms with Crippen molar-refractivity contribution in [1.82, 2.24) is 5.32 Å². The third kappa shape index (κ3) is 9.02. The molecule has 4 atom stereocenters. The first-order valence-electron chi connectivity index (χ1n) is 12.6. The van der Waals surface area contributed by atoms with Crippen molar-refractivity contribution in [3.05, 3.63) is 71.8 Å². The highest BCUT2D eigenvalue weighted by Gasteiger charge is 2.35. The first-order chi connectivity index (χ1) is 16.7. The molecule has 2 aromatic rings. The molecule has 0 saturated carbocycles. The fourth-order valence-corrected chi connectivity index (χ4v) is 4.56. The Morgan fingerprint density at radius 2 is 1.51 bits per heavy atom. The summed E-state index contributed by atoms with van der Waals surface area (Å²) in [6, 6.07) is 19.9. The molecule has 0 aromatic heterocycles. The van der Waals surface area contributed by atoms with Crippen molar-refractivity contribution < 1.29 is 23.8 Å². The Bertz CT molecular complexity index is 925. The number of ether oxygens (including phenoxy) is 3. The van der Waals surface area contributed by atoms with E-state index >= 15 is 0 Å². The molecule has 1 fully saturated rings. The van der Waals surface area contributed by atoms with E-state index in [0.717, 1.165) is 25.7 Å². The third-order valence-electron chi connectivity index (χ3n) is 6.36. The average molecular weight is 482 g/mol. The van der Waals surface area contributed by atoms with Gasteiger partial charge in [-0.15, -0.1) is 0 Å². The third-order valence-corrected chi connectivity index (χ3v) is 6.36. The SMILES string of the molecule is C[C@@H]1OC(=O)[C@@H](NC(=O)OC(C)(C)C)COC[C@H](CCc2ccccc2)[C@H]1CCc1ccccc1. The lowest BCUT2D eigenvalue weighted by atomic mass is 9.80. The molecular formula is C29H39NO5. The minimum atomic E-state index is -0.907. The number of hydrogen-bond donors (Lipinski definition) is 1. The number of alkyl carbamates (subject to hydrolysis) is 1. The second-order valence-electron chi connectivity index (χ2n) is 10.4. The van der Waals surface area contributed by atoms with Crippen LogP contribution in [0.4, 0.5) is 4.79 Å². The molecule has 2 aromatic carbocycles. The van der Waals surface area contributed by atoms with Crippen molar-refractivity contribution in [1.29, 1.82) is 0 Å². The van der Waals surface area contributed by atoms with Gasteiger partial charge in [0.1, 0.15) is 11.7 Å². The highest BCUT2D eigenvalue weighted by atomic mass is 16.6. The summed E-state index contributed by atoms with van der Waals surface area (Å²) in [5.74, 6) is -0.151. The predicted molar refractivity (Wildman–Crippen MR) is 136 cm³/mol. The van der Waals surface area contributed by atoms with Crippen LogP contribution in [0.1, 0.15) is 51.7 Å². The maximum absolute atomic E-state index is 13.0. The number of carbonyl (C=O) groups excluding carboxylic acids is 2. The van der Waals surface area contributed by atoms with Crippen LogP contribution in [0, 0.1) is 11.8 Å². The molecule has 3 rings (SSSR count). The van der Waals surface area contributed by atoms with E-state index < -0.39 is 23.7 Å². The summed E-state index contributed by atoms with van der Waals surface area (Å²) in [6.45, 7) is 7.85. The van der Waals surface area contributed by atoms with Gasteiger partial charge in [0.05, 0.1) is 6.61 Å². The number of nitrogens with one attached hydrogen (secondary N) is 1. The number of amides is 1. The Morgan fingerprint density at radius 1 is 0.943 bits per heavy atom. The molecule has 1 N–H and O–H groups in total. The zero-order valence-electron chi connectivity index (χ0n) is 21.4. The topological polar surface area (TPSA) is 73.9 Å². The van der Waals surface area contributed by atoms with Gasteiger partial charge in [0.25, 0.3) is 0 Å². The first kappa shape index (κ1) is 26.7. The van der Waals surface area contributed by atoms with Gasteiger partial charge in [-0.25, -0.2) is 9.59 Å². The Hall–Kier alpha value is -2.86. The van der Waals surface area contributed by atoms with Gasteiger partial charge in [-0.05, 0) is 70.4 Å². The number of cyclic esters (lactones) is 1. The Balaban J connectivity index is 1.72. The van der Waals surface area contributed by atoms with Gasteiger partial charge >= 0.3 is 12.1 Å². The minimum absolute atomic E-state index is 0.0536. The van der Waals surface area contributed by atoms with Gasteiger partial charge in [-0.2, -0.15) is 0 Å². The summed E-state index contributed by atoms with van der Waals surface area (Å²) in [7, 11) is 0. The molecule has 0 aliphatic carbocycles. The van der Waals surface area contributed by atoms with Crippen molar-refractivity contribution in [2.75, 3.05) is 13.2 Å². The van der Waals surface area contributed by atoms with Gasteiger partial charge in [0.2, 0.25) is 0 Å². The number of rotatable bonds is 7. The van der Waals surface area contributed by atoms with Gasteiger partial charge in [0.15, 0.2) is 6.04 Å². The zero-order chi connectivity index (χ0) is 25.3. The van der Waals surface area contributed by atoms with E-state index in [9.17, 15) is 9.59 Å². The zero-order valence-corrected chi connectivity index (χ0v) is 21.4. The highest BCUT2D eigenvalue weighted by molar-refractivity contribution is 5.81. The lowest BCUT2D eigenvalue weighted by molar-refractivity contribution is -0.154. The number of benzene rings is 2. The molecule has 0 bridgehead atoms. The molecule has 0 radical (unpaired) electrons. The summed E-state index contributed by atoms with van der Waals surface area (Å²) < 4.78 is 17.3. The molecule has 1 aliphatic rings. The van der Waals surface area contributed by atoms with Crippen LogP contribution in [0.2, 0.25) is 0 Å². The monoisotopic (exact) mass is 481 g/mol. The van der Waals surface area contributed by atoms with Crippen molar-refractivity contribution in [2.45, 2.75) is 71.1 Å². The first-order valence-corrected chi connectivity index (χ1v) is 12.6. The normalized spacial score (nSPS) is 23.4. The van der Waals surface area contributed by atoms with Crippen LogP contribution in [0.5, 0.6) is 0 Å². The summed E-state index contributed by atoms with van der Waals surface area (Å²) in [5, 5.41) is 2.63. The molecule has 1 amide bonds. The molecule has 0 spiro atoms. The van der Waals surface area contributed by atoms with E-state index in [0.29, 0.717) is 6.61 Å². The fraction of sp³-hybridized carbons (Fsp3) is 0.517. The number of hydrogen-bond acceptors (Lipinski definition) is 5. The molecule has 1 aliphatic heterocycles. The summed E-state index contributed by atoms with van der Waals surface area (Å²) >= 11 is 0. The molecule has 6 heteroatoms. The highest BCUT2D eigenvalue weighted by Crippen LogP contribution is 2.30. The molecule has 1 heterocycles. The maximum Gasteiger partial charge on any atom is 0.408 e.